The third kappa shape index (κ3) is 0.826. The van der Waals surface area contributed by atoms with Crippen LogP contribution in [0.25, 0.3) is 0 Å². The monoisotopic (exact) mass is 171 g/mol. The van der Waals surface area contributed by atoms with Crippen LogP contribution in [-0.2, 0) is 9.59 Å². The molecule has 0 aromatic carbocycles. The summed E-state index contributed by atoms with van der Waals surface area (Å²) >= 11 is 0. The highest BCUT2D eigenvalue weighted by Gasteiger charge is 2.38. The second-order valence-corrected chi connectivity index (χ2v) is 2.80. The number of nitrogens with one attached hydrogen (secondary N) is 1. The van der Waals surface area contributed by atoms with Crippen LogP contribution in [0.4, 0.5) is 0 Å². The molecule has 0 unspecified atom stereocenters. The Labute approximate surface area is 78.9 Å². The van der Waals surface area contributed by atoms with Crippen LogP contribution in [0.2, 0.25) is 1.41 Å². The lowest BCUT2D eigenvalue weighted by Crippen LogP contribution is -2.24. The van der Waals surface area contributed by atoms with Gasteiger partial charge in [-0.3, -0.25) is 9.59 Å². The zero-order valence-electron chi connectivity index (χ0n) is 7.87. The SMILES string of the molecule is [2H]N1C(=O)C2=C([B])N(C)C(=O)C2=C1[B]. The summed E-state index contributed by atoms with van der Waals surface area (Å²) in [6.07, 6.45) is 0. The second kappa shape index (κ2) is 2.28. The Morgan fingerprint density at radius 2 is 2.00 bits per heavy atom. The molecule has 4 radical (unpaired) electrons. The second-order valence-electron chi connectivity index (χ2n) is 2.80. The van der Waals surface area contributed by atoms with E-state index in [1.807, 2.05) is 0 Å². The fourth-order valence-electron chi connectivity index (χ4n) is 1.36. The van der Waals surface area contributed by atoms with Crippen LogP contribution in [-0.4, -0.2) is 39.5 Å². The van der Waals surface area contributed by atoms with E-state index in [-0.39, 0.29) is 22.3 Å². The van der Waals surface area contributed by atoms with Crippen molar-refractivity contribution in [3.8, 4) is 0 Å². The summed E-state index contributed by atoms with van der Waals surface area (Å²) in [6, 6.07) is 0. The number of nitrogens with zero attached hydrogens (tertiary/aromatic N) is 1. The van der Waals surface area contributed by atoms with Crippen LogP contribution in [0.15, 0.2) is 22.3 Å². The molecule has 0 bridgehead atoms. The molecule has 4 nitrogen and oxygen atoms in total. The Hall–Kier alpha value is -1.45. The largest absolute Gasteiger partial charge is 0.335 e. The summed E-state index contributed by atoms with van der Waals surface area (Å²) in [5.74, 6) is -1.11. The zero-order chi connectivity index (χ0) is 10.6. The van der Waals surface area contributed by atoms with E-state index >= 15 is 0 Å². The molecule has 2 heterocycles. The van der Waals surface area contributed by atoms with E-state index in [2.05, 4.69) is 0 Å². The minimum absolute atomic E-state index is 0.0324. The van der Waals surface area contributed by atoms with E-state index in [1.165, 1.54) is 7.05 Å². The normalized spacial score (nSPS) is 23.3. The highest BCUT2D eigenvalue weighted by Crippen LogP contribution is 2.31. The first kappa shape index (κ1) is 7.00. The molecule has 60 valence electrons. The van der Waals surface area contributed by atoms with Crippen molar-refractivity contribution in [1.29, 1.82) is 0 Å². The Kier molecular flexibility index (Phi) is 1.23. The number of fused-ring (bicyclic) bond motifs is 1. The minimum Gasteiger partial charge on any atom is -0.335 e. The van der Waals surface area contributed by atoms with Crippen molar-refractivity contribution in [2.24, 2.45) is 0 Å². The molecule has 0 aliphatic carbocycles. The molecular formula is C7H4B2N2O2. The highest BCUT2D eigenvalue weighted by atomic mass is 16.2. The van der Waals surface area contributed by atoms with Gasteiger partial charge < -0.3 is 10.2 Å². The predicted molar refractivity (Wildman–Crippen MR) is 46.5 cm³/mol. The summed E-state index contributed by atoms with van der Waals surface area (Å²) in [7, 11) is 12.4. The van der Waals surface area contributed by atoms with Gasteiger partial charge in [-0.2, -0.15) is 0 Å². The van der Waals surface area contributed by atoms with Gasteiger partial charge in [-0.05, 0) is 11.2 Å². The molecule has 0 saturated carbocycles. The lowest BCUT2D eigenvalue weighted by atomic mass is 9.94. The first-order chi connectivity index (χ1) is 6.46. The van der Waals surface area contributed by atoms with Crippen molar-refractivity contribution >= 4 is 27.5 Å². The third-order valence-electron chi connectivity index (χ3n) is 2.08. The Balaban J connectivity index is 2.68. The fourth-order valence-corrected chi connectivity index (χ4v) is 1.36. The van der Waals surface area contributed by atoms with Gasteiger partial charge in [0.25, 0.3) is 11.8 Å². The first-order valence-corrected chi connectivity index (χ1v) is 3.58. The van der Waals surface area contributed by atoms with Gasteiger partial charge in [0.2, 0.25) is 0 Å². The van der Waals surface area contributed by atoms with Crippen LogP contribution < -0.4 is 5.31 Å². The van der Waals surface area contributed by atoms with Crippen LogP contribution in [0, 0.1) is 0 Å². The molecule has 2 aliphatic heterocycles. The van der Waals surface area contributed by atoms with E-state index < -0.39 is 11.8 Å². The van der Waals surface area contributed by atoms with Crippen molar-refractivity contribution < 1.29 is 11.0 Å². The van der Waals surface area contributed by atoms with Gasteiger partial charge in [-0.25, -0.2) is 0 Å². The summed E-state index contributed by atoms with van der Waals surface area (Å²) in [5, 5.41) is 0.475. The number of likely N-dealkylation sites (N-methyl/N-ethyl adjacent to an activating group) is 1. The zero-order valence-corrected chi connectivity index (χ0v) is 6.87. The summed E-state index contributed by atoms with van der Waals surface area (Å²) in [6.45, 7) is 0. The average molecular weight is 171 g/mol. The van der Waals surface area contributed by atoms with Gasteiger partial charge in [-0.1, -0.05) is 0 Å². The molecule has 0 fully saturated rings. The number of amides is 2. The quantitative estimate of drug-likeness (QED) is 0.443. The summed E-state index contributed by atoms with van der Waals surface area (Å²) in [4.78, 5) is 24.0. The fraction of sp³-hybridized carbons (Fsp3) is 0.143. The minimum atomic E-state index is -0.660. The molecule has 0 atom stereocenters. The Bertz CT molecular complexity index is 389. The average Bonchev–Trinajstić information content (AvgIpc) is 2.51. The smallest absolute Gasteiger partial charge is 0.258 e. The van der Waals surface area contributed by atoms with E-state index in [0.29, 0.717) is 5.31 Å². The number of carbonyl (C=O) groups excluding carboxylic acids is 2. The number of hydrogen-bond acceptors (Lipinski definition) is 2. The van der Waals surface area contributed by atoms with Crippen molar-refractivity contribution in [1.82, 2.24) is 10.2 Å². The molecule has 2 aliphatic rings. The third-order valence-corrected chi connectivity index (χ3v) is 2.08. The molecule has 0 spiro atoms. The standard InChI is InChI=1S/C7H4B2N2O2/c1-11-5(9)3-2(7(11)13)4(8)10-6(3)12/h1H3,(H,10,12)/i/hD. The summed E-state index contributed by atoms with van der Waals surface area (Å²) < 4.78 is 7.23. The maximum Gasteiger partial charge on any atom is 0.258 e. The van der Waals surface area contributed by atoms with Crippen molar-refractivity contribution in [2.75, 3.05) is 7.05 Å². The molecule has 2 amide bonds. The van der Waals surface area contributed by atoms with Crippen molar-refractivity contribution in [3.05, 3.63) is 22.3 Å². The first-order valence-electron chi connectivity index (χ1n) is 4.02. The maximum atomic E-state index is 11.5. The lowest BCUT2D eigenvalue weighted by Gasteiger charge is -2.11. The molecule has 1 N–H and O–H groups in total. The van der Waals surface area contributed by atoms with E-state index in [1.54, 1.807) is 0 Å². The number of carbonyl (C=O) groups is 2. The van der Waals surface area contributed by atoms with E-state index in [0.717, 1.165) is 4.90 Å². The van der Waals surface area contributed by atoms with Gasteiger partial charge in [0.1, 0.15) is 15.7 Å². The maximum absolute atomic E-state index is 11.5. The van der Waals surface area contributed by atoms with E-state index in [4.69, 9.17) is 17.1 Å². The van der Waals surface area contributed by atoms with Crippen LogP contribution in [0.3, 0.4) is 0 Å². The molecule has 6 heteroatoms. The van der Waals surface area contributed by atoms with Crippen LogP contribution in [0.1, 0.15) is 0 Å². The summed E-state index contributed by atoms with van der Waals surface area (Å²) in [5.41, 5.74) is -0.0509. The van der Waals surface area contributed by atoms with Crippen molar-refractivity contribution in [2.45, 2.75) is 0 Å². The van der Waals surface area contributed by atoms with Crippen LogP contribution >= 0.6 is 0 Å². The molecular weight excluding hydrogens is 166 g/mol. The number of rotatable bonds is 0. The van der Waals surface area contributed by atoms with E-state index in [9.17, 15) is 9.59 Å². The molecule has 0 saturated heterocycles. The highest BCUT2D eigenvalue weighted by molar-refractivity contribution is 6.38. The number of hydrogen-bond donors (Lipinski definition) is 1. The van der Waals surface area contributed by atoms with Gasteiger partial charge in [0.15, 0.2) is 1.41 Å². The Morgan fingerprint density at radius 3 is 2.54 bits per heavy atom. The molecule has 2 rings (SSSR count). The Morgan fingerprint density at radius 1 is 1.38 bits per heavy atom. The van der Waals surface area contributed by atoms with Gasteiger partial charge in [-0.15, -0.1) is 0 Å². The molecule has 0 aromatic rings. The van der Waals surface area contributed by atoms with Gasteiger partial charge in [0.05, 0.1) is 11.1 Å². The topological polar surface area (TPSA) is 49.4 Å². The van der Waals surface area contributed by atoms with Crippen molar-refractivity contribution in [3.63, 3.8) is 0 Å². The van der Waals surface area contributed by atoms with Gasteiger partial charge >= 0.3 is 0 Å². The molecule has 13 heavy (non-hydrogen) atoms. The van der Waals surface area contributed by atoms with Crippen LogP contribution in [0.5, 0.6) is 0 Å². The van der Waals surface area contributed by atoms with Gasteiger partial charge in [0, 0.05) is 7.05 Å². The molecule has 0 aromatic heterocycles. The lowest BCUT2D eigenvalue weighted by molar-refractivity contribution is -0.122. The predicted octanol–water partition coefficient (Wildman–Crippen LogP) is -1.65.